The summed E-state index contributed by atoms with van der Waals surface area (Å²) in [4.78, 5) is 16.6. The lowest BCUT2D eigenvalue weighted by Crippen LogP contribution is -2.47. The van der Waals surface area contributed by atoms with Crippen molar-refractivity contribution in [2.24, 2.45) is 7.05 Å². The van der Waals surface area contributed by atoms with Crippen molar-refractivity contribution in [3.8, 4) is 0 Å². The lowest BCUT2D eigenvalue weighted by Gasteiger charge is -2.32. The van der Waals surface area contributed by atoms with E-state index in [0.717, 1.165) is 43.1 Å². The summed E-state index contributed by atoms with van der Waals surface area (Å²) in [6, 6.07) is 2.00. The molecular weight excluding hydrogens is 214 g/mol. The third-order valence-electron chi connectivity index (χ3n) is 3.80. The van der Waals surface area contributed by atoms with Crippen molar-refractivity contribution in [1.29, 1.82) is 0 Å². The Balaban J connectivity index is 2.17. The first kappa shape index (κ1) is 12.2. The van der Waals surface area contributed by atoms with Crippen LogP contribution in [0.1, 0.15) is 21.7 Å². The molecular formula is C13H21N3O. The number of aryl methyl sites for hydroxylation is 1. The van der Waals surface area contributed by atoms with E-state index in [4.69, 9.17) is 0 Å². The summed E-state index contributed by atoms with van der Waals surface area (Å²) < 4.78 is 2.07. The van der Waals surface area contributed by atoms with Crippen LogP contribution in [0.4, 0.5) is 0 Å². The van der Waals surface area contributed by atoms with E-state index in [0.29, 0.717) is 0 Å². The number of piperazine rings is 1. The Bertz CT molecular complexity index is 428. The van der Waals surface area contributed by atoms with Gasteiger partial charge in [-0.2, -0.15) is 0 Å². The van der Waals surface area contributed by atoms with Gasteiger partial charge in [0.15, 0.2) is 0 Å². The predicted molar refractivity (Wildman–Crippen MR) is 68.3 cm³/mol. The molecule has 4 heteroatoms. The number of aromatic nitrogens is 1. The van der Waals surface area contributed by atoms with Gasteiger partial charge in [0, 0.05) is 44.6 Å². The normalized spacial score (nSPS) is 17.5. The maximum absolute atomic E-state index is 12.4. The van der Waals surface area contributed by atoms with E-state index in [2.05, 4.69) is 16.5 Å². The molecule has 94 valence electrons. The molecule has 0 bridgehead atoms. The van der Waals surface area contributed by atoms with Crippen molar-refractivity contribution in [1.82, 2.24) is 14.4 Å². The first-order valence-electron chi connectivity index (χ1n) is 6.11. The highest BCUT2D eigenvalue weighted by Gasteiger charge is 2.23. The Morgan fingerprint density at radius 2 is 1.71 bits per heavy atom. The Kier molecular flexibility index (Phi) is 3.24. The van der Waals surface area contributed by atoms with Crippen LogP contribution < -0.4 is 0 Å². The van der Waals surface area contributed by atoms with Crippen LogP contribution in [0.3, 0.4) is 0 Å². The van der Waals surface area contributed by atoms with Crippen molar-refractivity contribution in [2.75, 3.05) is 33.2 Å². The number of likely N-dealkylation sites (N-methyl/N-ethyl adjacent to an activating group) is 1. The maximum atomic E-state index is 12.4. The molecule has 0 unspecified atom stereocenters. The minimum absolute atomic E-state index is 0.180. The second-order valence-electron chi connectivity index (χ2n) is 4.94. The molecule has 1 saturated heterocycles. The van der Waals surface area contributed by atoms with Crippen molar-refractivity contribution in [3.63, 3.8) is 0 Å². The largest absolute Gasteiger partial charge is 0.351 e. The summed E-state index contributed by atoms with van der Waals surface area (Å²) in [7, 11) is 4.10. The van der Waals surface area contributed by atoms with E-state index in [-0.39, 0.29) is 5.91 Å². The monoisotopic (exact) mass is 235 g/mol. The smallest absolute Gasteiger partial charge is 0.255 e. The Morgan fingerprint density at radius 3 is 2.18 bits per heavy atom. The van der Waals surface area contributed by atoms with Crippen LogP contribution in [0.5, 0.6) is 0 Å². The fraction of sp³-hybridized carbons (Fsp3) is 0.615. The van der Waals surface area contributed by atoms with Crippen LogP contribution >= 0.6 is 0 Å². The molecule has 0 aliphatic carbocycles. The van der Waals surface area contributed by atoms with Crippen LogP contribution in [0.25, 0.3) is 0 Å². The number of carbonyl (C=O) groups is 1. The van der Waals surface area contributed by atoms with Crippen LogP contribution in [-0.2, 0) is 7.05 Å². The highest BCUT2D eigenvalue weighted by molar-refractivity contribution is 5.95. The number of hydrogen-bond acceptors (Lipinski definition) is 2. The SMILES string of the molecule is Cc1cc(C(=O)N2CCN(C)CC2)c(C)n1C. The molecule has 1 aromatic rings. The molecule has 0 atom stereocenters. The van der Waals surface area contributed by atoms with Gasteiger partial charge in [-0.25, -0.2) is 0 Å². The van der Waals surface area contributed by atoms with Gasteiger partial charge >= 0.3 is 0 Å². The average molecular weight is 235 g/mol. The van der Waals surface area contributed by atoms with E-state index in [1.807, 2.05) is 31.9 Å². The molecule has 0 spiro atoms. The number of rotatable bonds is 1. The Morgan fingerprint density at radius 1 is 1.12 bits per heavy atom. The first-order valence-corrected chi connectivity index (χ1v) is 6.11. The van der Waals surface area contributed by atoms with Crippen molar-refractivity contribution in [2.45, 2.75) is 13.8 Å². The molecule has 2 rings (SSSR count). The minimum atomic E-state index is 0.180. The third-order valence-corrected chi connectivity index (χ3v) is 3.80. The summed E-state index contributed by atoms with van der Waals surface area (Å²) in [5, 5.41) is 0. The zero-order chi connectivity index (χ0) is 12.6. The minimum Gasteiger partial charge on any atom is -0.351 e. The van der Waals surface area contributed by atoms with E-state index < -0.39 is 0 Å². The molecule has 0 aromatic carbocycles. The quantitative estimate of drug-likeness (QED) is 0.727. The third kappa shape index (κ3) is 2.22. The predicted octanol–water partition coefficient (Wildman–Crippen LogP) is 1.03. The van der Waals surface area contributed by atoms with Crippen molar-refractivity contribution in [3.05, 3.63) is 23.0 Å². The molecule has 17 heavy (non-hydrogen) atoms. The molecule has 1 aliphatic rings. The van der Waals surface area contributed by atoms with Gasteiger partial charge in [0.1, 0.15) is 0 Å². The summed E-state index contributed by atoms with van der Waals surface area (Å²) in [6.45, 7) is 7.66. The van der Waals surface area contributed by atoms with E-state index in [9.17, 15) is 4.79 Å². The highest BCUT2D eigenvalue weighted by Crippen LogP contribution is 2.16. The molecule has 4 nitrogen and oxygen atoms in total. The summed E-state index contributed by atoms with van der Waals surface area (Å²) in [5.41, 5.74) is 3.06. The van der Waals surface area contributed by atoms with Crippen molar-refractivity contribution >= 4 is 5.91 Å². The van der Waals surface area contributed by atoms with E-state index in [1.54, 1.807) is 0 Å². The first-order chi connectivity index (χ1) is 8.00. The number of hydrogen-bond donors (Lipinski definition) is 0. The van der Waals surface area contributed by atoms with Crippen LogP contribution in [0.15, 0.2) is 6.07 Å². The summed E-state index contributed by atoms with van der Waals surface area (Å²) in [6.07, 6.45) is 0. The van der Waals surface area contributed by atoms with Crippen LogP contribution in [0.2, 0.25) is 0 Å². The van der Waals surface area contributed by atoms with Crippen LogP contribution in [0, 0.1) is 13.8 Å². The molecule has 1 fully saturated rings. The number of nitrogens with zero attached hydrogens (tertiary/aromatic N) is 3. The van der Waals surface area contributed by atoms with Gasteiger partial charge in [0.2, 0.25) is 0 Å². The average Bonchev–Trinajstić information content (AvgIpc) is 2.57. The standard InChI is InChI=1S/C13H21N3O/c1-10-9-12(11(2)15(10)4)13(17)16-7-5-14(3)6-8-16/h9H,5-8H2,1-4H3. The van der Waals surface area contributed by atoms with Crippen LogP contribution in [-0.4, -0.2) is 53.5 Å². The lowest BCUT2D eigenvalue weighted by molar-refractivity contribution is 0.0663. The zero-order valence-electron chi connectivity index (χ0n) is 11.2. The highest BCUT2D eigenvalue weighted by atomic mass is 16.2. The summed E-state index contributed by atoms with van der Waals surface area (Å²) in [5.74, 6) is 0.180. The maximum Gasteiger partial charge on any atom is 0.255 e. The van der Waals surface area contributed by atoms with Gasteiger partial charge in [0.05, 0.1) is 5.56 Å². The fourth-order valence-corrected chi connectivity index (χ4v) is 2.25. The fourth-order valence-electron chi connectivity index (χ4n) is 2.25. The van der Waals surface area contributed by atoms with Gasteiger partial charge in [-0.05, 0) is 27.0 Å². The second-order valence-corrected chi connectivity index (χ2v) is 4.94. The molecule has 0 radical (unpaired) electrons. The summed E-state index contributed by atoms with van der Waals surface area (Å²) >= 11 is 0. The molecule has 2 heterocycles. The van der Waals surface area contributed by atoms with Gasteiger partial charge in [0.25, 0.3) is 5.91 Å². The number of carbonyl (C=O) groups excluding carboxylic acids is 1. The van der Waals surface area contributed by atoms with Gasteiger partial charge in [-0.15, -0.1) is 0 Å². The molecule has 1 aliphatic heterocycles. The molecule has 0 saturated carbocycles. The zero-order valence-corrected chi connectivity index (χ0v) is 11.2. The van der Waals surface area contributed by atoms with Gasteiger partial charge in [-0.1, -0.05) is 0 Å². The van der Waals surface area contributed by atoms with Gasteiger partial charge < -0.3 is 14.4 Å². The van der Waals surface area contributed by atoms with Gasteiger partial charge in [-0.3, -0.25) is 4.79 Å². The molecule has 1 amide bonds. The molecule has 0 N–H and O–H groups in total. The second kappa shape index (κ2) is 4.53. The molecule has 1 aromatic heterocycles. The van der Waals surface area contributed by atoms with E-state index in [1.165, 1.54) is 0 Å². The Labute approximate surface area is 103 Å². The number of amides is 1. The van der Waals surface area contributed by atoms with Crippen molar-refractivity contribution < 1.29 is 4.79 Å². The Hall–Kier alpha value is -1.29. The van der Waals surface area contributed by atoms with E-state index >= 15 is 0 Å². The topological polar surface area (TPSA) is 28.5 Å². The lowest BCUT2D eigenvalue weighted by atomic mass is 10.2.